The topological polar surface area (TPSA) is 0 Å². The quantitative estimate of drug-likeness (QED) is 0.606. The fraction of sp³-hybridized carbons (Fsp3) is 0. The first-order chi connectivity index (χ1) is 2.91. The Hall–Kier alpha value is 0.310. The first-order valence-electron chi connectivity index (χ1n) is 1.43. The van der Waals surface area contributed by atoms with E-state index in [1.807, 2.05) is 5.41 Å². The second-order valence-corrected chi connectivity index (χ2v) is 1.97. The van der Waals surface area contributed by atoms with Crippen LogP contribution in [0.3, 0.4) is 0 Å². The van der Waals surface area contributed by atoms with E-state index in [4.69, 9.17) is 0 Å². The molecule has 0 fully saturated rings. The molecule has 0 saturated heterocycles. The van der Waals surface area contributed by atoms with Crippen molar-refractivity contribution in [1.29, 1.82) is 0 Å². The van der Waals surface area contributed by atoms with Crippen molar-refractivity contribution >= 4 is 27.7 Å². The molecule has 0 amide bonds. The summed E-state index contributed by atoms with van der Waals surface area (Å²) >= 11 is 4.65. The molecule has 0 aliphatic rings. The number of halogens is 1. The van der Waals surface area contributed by atoms with Crippen LogP contribution in [0, 0.1) is 0 Å². The Morgan fingerprint density at radius 3 is 2.50 bits per heavy atom. The highest BCUT2D eigenvalue weighted by molar-refractivity contribution is 9.11. The van der Waals surface area contributed by atoms with E-state index in [1.54, 1.807) is 22.2 Å². The monoisotopic (exact) mass is 164 g/mol. The Morgan fingerprint density at radius 2 is 2.33 bits per heavy atom. The van der Waals surface area contributed by atoms with Crippen molar-refractivity contribution in [3.05, 3.63) is 22.4 Å². The predicted molar refractivity (Wildman–Crippen MR) is 35.9 cm³/mol. The zero-order valence-corrected chi connectivity index (χ0v) is 5.63. The lowest BCUT2D eigenvalue weighted by Gasteiger charge is -1.69. The molecule has 34 valence electrons. The van der Waals surface area contributed by atoms with Crippen molar-refractivity contribution in [2.24, 2.45) is 0 Å². The zero-order chi connectivity index (χ0) is 4.83. The van der Waals surface area contributed by atoms with Crippen molar-refractivity contribution in [3.63, 3.8) is 0 Å². The van der Waals surface area contributed by atoms with Gasteiger partial charge >= 0.3 is 0 Å². The Bertz CT molecular complexity index is 58.6. The van der Waals surface area contributed by atoms with Gasteiger partial charge in [0.05, 0.1) is 0 Å². The van der Waals surface area contributed by atoms with Crippen LogP contribution in [0.4, 0.5) is 0 Å². The van der Waals surface area contributed by atoms with Crippen LogP contribution in [0.1, 0.15) is 0 Å². The smallest absolute Gasteiger partial charge is 0.0122 e. The van der Waals surface area contributed by atoms with Gasteiger partial charge in [-0.1, -0.05) is 22.5 Å². The van der Waals surface area contributed by atoms with Gasteiger partial charge in [0.25, 0.3) is 0 Å². The lowest BCUT2D eigenvalue weighted by Crippen LogP contribution is -1.30. The van der Waals surface area contributed by atoms with E-state index in [2.05, 4.69) is 22.5 Å². The molecule has 0 nitrogen and oxygen atoms in total. The summed E-state index contributed by atoms with van der Waals surface area (Å²) in [5.41, 5.74) is 0. The van der Waals surface area contributed by atoms with Gasteiger partial charge < -0.3 is 0 Å². The number of hydrogen-bond acceptors (Lipinski definition) is 1. The maximum Gasteiger partial charge on any atom is -0.0122 e. The fourth-order valence-corrected chi connectivity index (χ4v) is 0.630. The van der Waals surface area contributed by atoms with E-state index >= 15 is 0 Å². The molecule has 0 heterocycles. The lowest BCUT2D eigenvalue weighted by molar-refractivity contribution is 2.54. The van der Waals surface area contributed by atoms with E-state index in [0.29, 0.717) is 0 Å². The Labute approximate surface area is 50.4 Å². The molecule has 0 aromatic carbocycles. The Kier molecular flexibility index (Phi) is 5.58. The van der Waals surface area contributed by atoms with E-state index in [9.17, 15) is 0 Å². The molecular formula is C4H5BrS. The molecule has 0 unspecified atom stereocenters. The average Bonchev–Trinajstić information content (AvgIpc) is 1.61. The molecule has 0 aliphatic carbocycles. The van der Waals surface area contributed by atoms with Crippen LogP contribution < -0.4 is 0 Å². The molecule has 0 N–H and O–H groups in total. The summed E-state index contributed by atoms with van der Waals surface area (Å²) in [6.45, 7) is 3.49. The standard InChI is InChI=1S/C4H5BrS/c1-2-6-4-3-5/h2-4H,1H2/b4-3+. The van der Waals surface area contributed by atoms with Gasteiger partial charge in [-0.25, -0.2) is 0 Å². The number of thioether (sulfide) groups is 1. The molecule has 2 heteroatoms. The van der Waals surface area contributed by atoms with Crippen LogP contribution in [0.15, 0.2) is 22.4 Å². The molecule has 0 rings (SSSR count). The van der Waals surface area contributed by atoms with Crippen molar-refractivity contribution in [1.82, 2.24) is 0 Å². The van der Waals surface area contributed by atoms with E-state index < -0.39 is 0 Å². The van der Waals surface area contributed by atoms with E-state index in [-0.39, 0.29) is 0 Å². The van der Waals surface area contributed by atoms with Crippen LogP contribution >= 0.6 is 27.7 Å². The lowest BCUT2D eigenvalue weighted by atomic mass is 11.3. The summed E-state index contributed by atoms with van der Waals surface area (Å²) in [5.74, 6) is 0. The highest BCUT2D eigenvalue weighted by atomic mass is 79.9. The molecule has 0 bridgehead atoms. The molecule has 0 atom stereocenters. The molecule has 0 aromatic rings. The van der Waals surface area contributed by atoms with Crippen LogP contribution in [0.2, 0.25) is 0 Å². The van der Waals surface area contributed by atoms with Crippen LogP contribution in [0.5, 0.6) is 0 Å². The summed E-state index contributed by atoms with van der Waals surface area (Å²) in [6, 6.07) is 0. The van der Waals surface area contributed by atoms with Gasteiger partial charge in [-0.3, -0.25) is 0 Å². The van der Waals surface area contributed by atoms with Gasteiger partial charge in [-0.05, 0) is 15.8 Å². The molecule has 0 saturated carbocycles. The SMILES string of the molecule is C=CS/C=C/Br. The molecule has 0 aromatic heterocycles. The normalized spacial score (nSPS) is 9.50. The van der Waals surface area contributed by atoms with Crippen LogP contribution in [0.25, 0.3) is 0 Å². The highest BCUT2D eigenvalue weighted by Crippen LogP contribution is 2.02. The Morgan fingerprint density at radius 1 is 1.67 bits per heavy atom. The minimum absolute atomic E-state index is 1.54. The molecule has 0 spiro atoms. The molecular weight excluding hydrogens is 160 g/mol. The largest absolute Gasteiger partial charge is 0.106 e. The maximum absolute atomic E-state index is 3.49. The summed E-state index contributed by atoms with van der Waals surface area (Å²) in [6.07, 6.45) is 0. The third-order valence-electron chi connectivity index (χ3n) is 0.226. The highest BCUT2D eigenvalue weighted by Gasteiger charge is 1.58. The second-order valence-electron chi connectivity index (χ2n) is 0.565. The third-order valence-corrected chi connectivity index (χ3v) is 1.33. The van der Waals surface area contributed by atoms with Gasteiger partial charge in [0.1, 0.15) is 0 Å². The third kappa shape index (κ3) is 4.31. The minimum Gasteiger partial charge on any atom is -0.106 e. The van der Waals surface area contributed by atoms with Gasteiger partial charge in [-0.2, -0.15) is 0 Å². The van der Waals surface area contributed by atoms with Crippen molar-refractivity contribution in [2.75, 3.05) is 0 Å². The van der Waals surface area contributed by atoms with Gasteiger partial charge in [0, 0.05) is 0 Å². The van der Waals surface area contributed by atoms with Crippen molar-refractivity contribution < 1.29 is 0 Å². The molecule has 6 heavy (non-hydrogen) atoms. The minimum atomic E-state index is 1.54. The summed E-state index contributed by atoms with van der Waals surface area (Å²) in [5, 5.41) is 3.66. The van der Waals surface area contributed by atoms with Crippen LogP contribution in [-0.2, 0) is 0 Å². The average molecular weight is 165 g/mol. The second kappa shape index (κ2) is 5.31. The van der Waals surface area contributed by atoms with Gasteiger partial charge in [0.2, 0.25) is 0 Å². The summed E-state index contributed by atoms with van der Waals surface area (Å²) in [7, 11) is 0. The first-order valence-corrected chi connectivity index (χ1v) is 3.29. The van der Waals surface area contributed by atoms with Gasteiger partial charge in [0.15, 0.2) is 0 Å². The summed E-state index contributed by atoms with van der Waals surface area (Å²) < 4.78 is 0. The van der Waals surface area contributed by atoms with Crippen molar-refractivity contribution in [3.8, 4) is 0 Å². The van der Waals surface area contributed by atoms with Crippen LogP contribution in [-0.4, -0.2) is 0 Å². The molecule has 0 aliphatic heterocycles. The predicted octanol–water partition coefficient (Wildman–Crippen LogP) is 2.73. The number of rotatable bonds is 2. The fourth-order valence-electron chi connectivity index (χ4n) is 0.0853. The van der Waals surface area contributed by atoms with E-state index in [0.717, 1.165) is 0 Å². The Balaban J connectivity index is 2.85. The van der Waals surface area contributed by atoms with Gasteiger partial charge in [-0.15, -0.1) is 11.8 Å². The number of hydrogen-bond donors (Lipinski definition) is 0. The van der Waals surface area contributed by atoms with Crippen molar-refractivity contribution in [2.45, 2.75) is 0 Å². The van der Waals surface area contributed by atoms with E-state index in [1.165, 1.54) is 0 Å². The summed E-state index contributed by atoms with van der Waals surface area (Å²) in [4.78, 5) is 1.79. The maximum atomic E-state index is 3.49. The first kappa shape index (κ1) is 6.31. The zero-order valence-electron chi connectivity index (χ0n) is 3.23. The molecule has 0 radical (unpaired) electrons.